The van der Waals surface area contributed by atoms with Crippen molar-refractivity contribution in [3.05, 3.63) is 51.0 Å². The van der Waals surface area contributed by atoms with Gasteiger partial charge in [0.15, 0.2) is 0 Å². The normalized spacial score (nSPS) is 10.7. The zero-order chi connectivity index (χ0) is 12.7. The van der Waals surface area contributed by atoms with Crippen molar-refractivity contribution in [3.8, 4) is 6.07 Å². The molecule has 0 atom stereocenters. The van der Waals surface area contributed by atoms with Crippen LogP contribution < -0.4 is 4.74 Å². The number of rotatable bonds is 0. The summed E-state index contributed by atoms with van der Waals surface area (Å²) in [7, 11) is 0. The van der Waals surface area contributed by atoms with Gasteiger partial charge in [-0.05, 0) is 31.2 Å². The van der Waals surface area contributed by atoms with Gasteiger partial charge in [0, 0.05) is 10.8 Å². The Kier molecular flexibility index (Phi) is 2.35. The van der Waals surface area contributed by atoms with E-state index in [4.69, 9.17) is 5.26 Å². The van der Waals surface area contributed by atoms with Gasteiger partial charge in [0.2, 0.25) is 0 Å². The van der Waals surface area contributed by atoms with Crippen molar-refractivity contribution in [1.82, 2.24) is 4.98 Å². The molecule has 0 aliphatic rings. The van der Waals surface area contributed by atoms with Gasteiger partial charge in [0.1, 0.15) is 16.5 Å². The van der Waals surface area contributed by atoms with E-state index in [2.05, 4.69) is 4.98 Å². The first-order valence-electron chi connectivity index (χ1n) is 5.43. The van der Waals surface area contributed by atoms with E-state index >= 15 is 0 Å². The van der Waals surface area contributed by atoms with Crippen LogP contribution in [0.2, 0.25) is 0 Å². The first-order valence-corrected chi connectivity index (χ1v) is 6.24. The second kappa shape index (κ2) is 3.90. The lowest BCUT2D eigenvalue weighted by Crippen LogP contribution is -1.99. The van der Waals surface area contributed by atoms with Gasteiger partial charge < -0.3 is 0 Å². The lowest BCUT2D eigenvalue weighted by Gasteiger charge is -2.01. The standard InChI is InChI=1S/C14H8N2OS/c1-8-2-3-12-9(4-8)5-10-6-11(7-15)14(17)18-13(10)16-12/h2-6H,1H3. The maximum absolute atomic E-state index is 11.6. The van der Waals surface area contributed by atoms with Crippen LogP contribution in [0.25, 0.3) is 21.1 Å². The van der Waals surface area contributed by atoms with Gasteiger partial charge in [-0.3, -0.25) is 4.79 Å². The summed E-state index contributed by atoms with van der Waals surface area (Å²) in [5, 5.41) is 10.7. The van der Waals surface area contributed by atoms with Crippen LogP contribution in [0.15, 0.2) is 35.1 Å². The van der Waals surface area contributed by atoms with Crippen molar-refractivity contribution in [2.24, 2.45) is 0 Å². The minimum atomic E-state index is -0.232. The Balaban J connectivity index is 2.46. The van der Waals surface area contributed by atoms with Gasteiger partial charge in [-0.1, -0.05) is 23.0 Å². The number of pyridine rings is 1. The Bertz CT molecular complexity index is 874. The van der Waals surface area contributed by atoms with Gasteiger partial charge in [-0.25, -0.2) is 4.98 Å². The molecule has 1 aromatic carbocycles. The number of hydrogen-bond acceptors (Lipinski definition) is 4. The van der Waals surface area contributed by atoms with Crippen LogP contribution in [0.4, 0.5) is 0 Å². The van der Waals surface area contributed by atoms with E-state index < -0.39 is 0 Å². The Morgan fingerprint density at radius 3 is 2.83 bits per heavy atom. The van der Waals surface area contributed by atoms with Crippen LogP contribution >= 0.6 is 11.3 Å². The van der Waals surface area contributed by atoms with Crippen LogP contribution in [-0.2, 0) is 0 Å². The zero-order valence-electron chi connectivity index (χ0n) is 9.60. The highest BCUT2D eigenvalue weighted by atomic mass is 32.1. The van der Waals surface area contributed by atoms with Crippen LogP contribution in [0.1, 0.15) is 11.1 Å². The summed E-state index contributed by atoms with van der Waals surface area (Å²) >= 11 is 1.02. The molecule has 0 spiro atoms. The minimum absolute atomic E-state index is 0.182. The molecule has 2 aromatic heterocycles. The second-order valence-corrected chi connectivity index (χ2v) is 5.10. The van der Waals surface area contributed by atoms with Crippen molar-refractivity contribution in [2.75, 3.05) is 0 Å². The first kappa shape index (κ1) is 10.9. The minimum Gasteiger partial charge on any atom is -0.276 e. The fourth-order valence-corrected chi connectivity index (χ4v) is 2.68. The van der Waals surface area contributed by atoms with Crippen molar-refractivity contribution in [2.45, 2.75) is 6.92 Å². The molecule has 0 unspecified atom stereocenters. The van der Waals surface area contributed by atoms with Crippen molar-refractivity contribution in [1.29, 1.82) is 5.26 Å². The smallest absolute Gasteiger partial charge is 0.252 e. The SMILES string of the molecule is Cc1ccc2nc3sc(=O)c(C#N)cc3cc2c1. The van der Waals surface area contributed by atoms with Gasteiger partial charge in [0.05, 0.1) is 5.52 Å². The molecule has 86 valence electrons. The average Bonchev–Trinajstić information content (AvgIpc) is 2.36. The second-order valence-electron chi connectivity index (χ2n) is 4.14. The third kappa shape index (κ3) is 1.66. The summed E-state index contributed by atoms with van der Waals surface area (Å²) in [6.07, 6.45) is 0. The highest BCUT2D eigenvalue weighted by Crippen LogP contribution is 2.22. The fraction of sp³-hybridized carbons (Fsp3) is 0.0714. The number of aryl methyl sites for hydroxylation is 1. The molecule has 0 saturated carbocycles. The summed E-state index contributed by atoms with van der Waals surface area (Å²) in [6.45, 7) is 2.02. The van der Waals surface area contributed by atoms with E-state index in [1.54, 1.807) is 6.07 Å². The molecule has 0 amide bonds. The molecule has 0 aliphatic heterocycles. The Morgan fingerprint density at radius 2 is 2.06 bits per heavy atom. The number of fused-ring (bicyclic) bond motifs is 2. The predicted octanol–water partition coefficient (Wildman–Crippen LogP) is 2.99. The van der Waals surface area contributed by atoms with Crippen molar-refractivity contribution < 1.29 is 0 Å². The molecule has 0 saturated heterocycles. The lowest BCUT2D eigenvalue weighted by atomic mass is 10.1. The largest absolute Gasteiger partial charge is 0.276 e. The van der Waals surface area contributed by atoms with Crippen LogP contribution in [-0.4, -0.2) is 4.98 Å². The maximum Gasteiger partial charge on any atom is 0.252 e. The third-order valence-electron chi connectivity index (χ3n) is 2.79. The molecule has 18 heavy (non-hydrogen) atoms. The van der Waals surface area contributed by atoms with Gasteiger partial charge in [-0.15, -0.1) is 0 Å². The molecule has 4 heteroatoms. The van der Waals surface area contributed by atoms with Crippen LogP contribution in [0, 0.1) is 18.3 Å². The Labute approximate surface area is 107 Å². The molecule has 0 bridgehead atoms. The Morgan fingerprint density at radius 1 is 1.22 bits per heavy atom. The number of hydrogen-bond donors (Lipinski definition) is 0. The predicted molar refractivity (Wildman–Crippen MR) is 72.8 cm³/mol. The van der Waals surface area contributed by atoms with E-state index in [0.29, 0.717) is 4.83 Å². The van der Waals surface area contributed by atoms with Gasteiger partial charge >= 0.3 is 0 Å². The van der Waals surface area contributed by atoms with Gasteiger partial charge in [-0.2, -0.15) is 5.26 Å². The van der Waals surface area contributed by atoms with E-state index in [9.17, 15) is 4.79 Å². The quantitative estimate of drug-likeness (QED) is 0.578. The maximum atomic E-state index is 11.6. The monoisotopic (exact) mass is 252 g/mol. The van der Waals surface area contributed by atoms with Crippen LogP contribution in [0.5, 0.6) is 0 Å². The molecule has 0 aliphatic carbocycles. The van der Waals surface area contributed by atoms with E-state index in [0.717, 1.165) is 33.2 Å². The van der Waals surface area contributed by atoms with Gasteiger partial charge in [0.25, 0.3) is 4.74 Å². The molecular weight excluding hydrogens is 244 g/mol. The molecule has 2 heterocycles. The number of nitrogens with zero attached hydrogens (tertiary/aromatic N) is 2. The highest BCUT2D eigenvalue weighted by Gasteiger charge is 2.05. The first-order chi connectivity index (χ1) is 8.67. The Hall–Kier alpha value is -2.25. The number of benzene rings is 1. The molecule has 0 fully saturated rings. The highest BCUT2D eigenvalue weighted by molar-refractivity contribution is 7.15. The van der Waals surface area contributed by atoms with Crippen LogP contribution in [0.3, 0.4) is 0 Å². The molecule has 3 rings (SSSR count). The topological polar surface area (TPSA) is 53.8 Å². The average molecular weight is 252 g/mol. The molecule has 3 aromatic rings. The fourth-order valence-electron chi connectivity index (χ4n) is 1.91. The summed E-state index contributed by atoms with van der Waals surface area (Å²) in [4.78, 5) is 16.8. The molecule has 3 nitrogen and oxygen atoms in total. The van der Waals surface area contributed by atoms with Crippen molar-refractivity contribution in [3.63, 3.8) is 0 Å². The molecular formula is C14H8N2OS. The van der Waals surface area contributed by atoms with Crippen molar-refractivity contribution >= 4 is 32.5 Å². The zero-order valence-corrected chi connectivity index (χ0v) is 10.4. The number of nitriles is 1. The van der Waals surface area contributed by atoms with E-state index in [1.165, 1.54) is 0 Å². The van der Waals surface area contributed by atoms with E-state index in [1.807, 2.05) is 37.3 Å². The summed E-state index contributed by atoms with van der Waals surface area (Å²) in [6, 6.07) is 11.5. The lowest BCUT2D eigenvalue weighted by molar-refractivity contribution is 1.46. The molecule has 0 radical (unpaired) electrons. The third-order valence-corrected chi connectivity index (χ3v) is 3.72. The summed E-state index contributed by atoms with van der Waals surface area (Å²) in [5.41, 5.74) is 2.21. The molecule has 0 N–H and O–H groups in total. The van der Waals surface area contributed by atoms with E-state index in [-0.39, 0.29) is 10.3 Å². The number of aromatic nitrogens is 1. The summed E-state index contributed by atoms with van der Waals surface area (Å²) in [5.74, 6) is 0. The summed E-state index contributed by atoms with van der Waals surface area (Å²) < 4.78 is -0.232.